The summed E-state index contributed by atoms with van der Waals surface area (Å²) in [5.74, 6) is 0. The van der Waals surface area contributed by atoms with Crippen molar-refractivity contribution < 1.29 is 33.3 Å². The molecule has 2 aromatic carbocycles. The largest absolute Gasteiger partial charge is 1.00 e. The number of nitrogens with zero attached hydrogens (tertiary/aromatic N) is 3. The van der Waals surface area contributed by atoms with Crippen LogP contribution < -0.4 is 33.9 Å². The molecule has 0 saturated carbocycles. The Balaban J connectivity index is 0.00000210. The lowest BCUT2D eigenvalue weighted by Gasteiger charge is -2.04. The Labute approximate surface area is 175 Å². The van der Waals surface area contributed by atoms with E-state index in [9.17, 15) is 14.9 Å². The molecule has 0 unspecified atom stereocenters. The second-order valence-corrected chi connectivity index (χ2v) is 6.85. The van der Waals surface area contributed by atoms with Crippen LogP contribution in [0.25, 0.3) is 27.1 Å². The number of nitro groups is 1. The van der Waals surface area contributed by atoms with Crippen LogP contribution in [-0.4, -0.2) is 9.49 Å². The smallest absolute Gasteiger partial charge is 0.349 e. The van der Waals surface area contributed by atoms with Crippen molar-refractivity contribution in [2.75, 3.05) is 0 Å². The number of hydrogen-bond donors (Lipinski definition) is 0. The summed E-state index contributed by atoms with van der Waals surface area (Å²) in [6.07, 6.45) is 0.860. The summed E-state index contributed by atoms with van der Waals surface area (Å²) in [6, 6.07) is 14.1. The molecule has 2 heterocycles. The number of fused-ring (bicyclic) bond motifs is 3. The van der Waals surface area contributed by atoms with Gasteiger partial charge in [-0.25, -0.2) is 4.79 Å². The molecule has 4 rings (SSSR count). The number of aryl methyl sites for hydroxylation is 1. The number of halogens is 1. The number of non-ortho nitro benzene ring substituents is 1. The Kier molecular flexibility index (Phi) is 5.56. The van der Waals surface area contributed by atoms with E-state index in [1.807, 2.05) is 41.1 Å². The van der Waals surface area contributed by atoms with Gasteiger partial charge in [-0.05, 0) is 30.7 Å². The molecule has 0 aliphatic carbocycles. The maximum Gasteiger partial charge on any atom is 0.349 e. The zero-order valence-corrected chi connectivity index (χ0v) is 17.4. The molecule has 0 N–H and O–H groups in total. The molecule has 0 fully saturated rings. The van der Waals surface area contributed by atoms with Gasteiger partial charge in [0.15, 0.2) is 5.69 Å². The fourth-order valence-electron chi connectivity index (χ4n) is 3.19. The standard InChI is InChI=1S/C19H16N3O3S.HI/c1-2-11-20-18(23)15-5-3-4-6-16(15)21-17(12-26-19(20)21)13-7-9-14(10-8-13)22(24)25;/h3-10,12H,2,11H2,1H3;1H/q+1;/p-1. The van der Waals surface area contributed by atoms with Crippen LogP contribution in [0.2, 0.25) is 0 Å². The summed E-state index contributed by atoms with van der Waals surface area (Å²) in [6.45, 7) is 2.69. The molecule has 0 atom stereocenters. The van der Waals surface area contributed by atoms with E-state index in [4.69, 9.17) is 0 Å². The summed E-state index contributed by atoms with van der Waals surface area (Å²) in [4.78, 5) is 24.2. The number of nitro benzene ring substituents is 1. The monoisotopic (exact) mass is 493 g/mol. The van der Waals surface area contributed by atoms with Gasteiger partial charge in [0.1, 0.15) is 10.9 Å². The number of para-hydroxylation sites is 1. The van der Waals surface area contributed by atoms with E-state index in [0.717, 1.165) is 28.2 Å². The summed E-state index contributed by atoms with van der Waals surface area (Å²) >= 11 is 1.51. The molecule has 6 nitrogen and oxygen atoms in total. The quantitative estimate of drug-likeness (QED) is 0.183. The van der Waals surface area contributed by atoms with E-state index >= 15 is 0 Å². The van der Waals surface area contributed by atoms with Crippen LogP contribution in [0.15, 0.2) is 58.7 Å². The molecule has 0 aliphatic rings. The topological polar surface area (TPSA) is 69.2 Å². The molecular formula is C19H16IN3O3S. The first-order chi connectivity index (χ1) is 12.6. The van der Waals surface area contributed by atoms with Crippen LogP contribution in [0.3, 0.4) is 0 Å². The van der Waals surface area contributed by atoms with Crippen molar-refractivity contribution in [1.82, 2.24) is 4.57 Å². The van der Waals surface area contributed by atoms with Crippen molar-refractivity contribution in [2.45, 2.75) is 19.9 Å². The maximum absolute atomic E-state index is 12.9. The number of rotatable bonds is 4. The average Bonchev–Trinajstić information content (AvgIpc) is 3.10. The van der Waals surface area contributed by atoms with Crippen molar-refractivity contribution in [3.8, 4) is 11.3 Å². The van der Waals surface area contributed by atoms with E-state index in [1.54, 1.807) is 12.1 Å². The lowest BCUT2D eigenvalue weighted by Crippen LogP contribution is -3.00. The highest BCUT2D eigenvalue weighted by molar-refractivity contribution is 7.15. The van der Waals surface area contributed by atoms with Gasteiger partial charge in [0.2, 0.25) is 0 Å². The minimum Gasteiger partial charge on any atom is -1.00 e. The van der Waals surface area contributed by atoms with Gasteiger partial charge < -0.3 is 24.0 Å². The van der Waals surface area contributed by atoms with Gasteiger partial charge in [-0.15, -0.1) is 0 Å². The Morgan fingerprint density at radius 1 is 1.15 bits per heavy atom. The molecular weight excluding hydrogens is 477 g/mol. The van der Waals surface area contributed by atoms with Crippen molar-refractivity contribution in [2.24, 2.45) is 0 Å². The van der Waals surface area contributed by atoms with E-state index < -0.39 is 4.92 Å². The minimum absolute atomic E-state index is 0. The highest BCUT2D eigenvalue weighted by atomic mass is 127. The minimum atomic E-state index is -0.406. The van der Waals surface area contributed by atoms with Gasteiger partial charge in [0, 0.05) is 23.1 Å². The van der Waals surface area contributed by atoms with Crippen molar-refractivity contribution in [1.29, 1.82) is 0 Å². The summed E-state index contributed by atoms with van der Waals surface area (Å²) in [5, 5.41) is 13.6. The van der Waals surface area contributed by atoms with Crippen molar-refractivity contribution in [3.63, 3.8) is 0 Å². The summed E-state index contributed by atoms with van der Waals surface area (Å²) < 4.78 is 3.88. The van der Waals surface area contributed by atoms with E-state index in [2.05, 4.69) is 4.40 Å². The molecule has 2 aromatic heterocycles. The zero-order chi connectivity index (χ0) is 18.3. The van der Waals surface area contributed by atoms with Gasteiger partial charge in [0.25, 0.3) is 5.69 Å². The van der Waals surface area contributed by atoms with Gasteiger partial charge in [0.05, 0.1) is 11.5 Å². The predicted molar refractivity (Wildman–Crippen MR) is 102 cm³/mol. The maximum atomic E-state index is 12.9. The lowest BCUT2D eigenvalue weighted by atomic mass is 10.1. The lowest BCUT2D eigenvalue weighted by molar-refractivity contribution is -0.468. The summed E-state index contributed by atoms with van der Waals surface area (Å²) in [7, 11) is 0. The first kappa shape index (κ1) is 19.4. The fraction of sp³-hybridized carbons (Fsp3) is 0.158. The summed E-state index contributed by atoms with van der Waals surface area (Å²) in [5.41, 5.74) is 2.71. The van der Waals surface area contributed by atoms with Crippen LogP contribution in [0.4, 0.5) is 5.69 Å². The molecule has 0 saturated heterocycles. The van der Waals surface area contributed by atoms with Gasteiger partial charge in [-0.3, -0.25) is 10.1 Å². The molecule has 0 spiro atoms. The first-order valence-electron chi connectivity index (χ1n) is 8.31. The van der Waals surface area contributed by atoms with E-state index in [0.29, 0.717) is 11.9 Å². The average molecular weight is 493 g/mol. The Morgan fingerprint density at radius 2 is 1.85 bits per heavy atom. The third kappa shape index (κ3) is 3.23. The second-order valence-electron chi connectivity index (χ2n) is 6.02. The van der Waals surface area contributed by atoms with Crippen molar-refractivity contribution in [3.05, 3.63) is 74.4 Å². The Bertz CT molecular complexity index is 1200. The SMILES string of the molecule is CCCn1c(=O)c2ccccc2[n+]2c(-c3ccc([N+](=O)[O-])cc3)csc12.[I-]. The molecule has 0 amide bonds. The van der Waals surface area contributed by atoms with Crippen LogP contribution in [-0.2, 0) is 6.54 Å². The molecule has 27 heavy (non-hydrogen) atoms. The number of hydrogen-bond acceptors (Lipinski definition) is 4. The Hall–Kier alpha value is -2.33. The third-order valence-electron chi connectivity index (χ3n) is 4.38. The van der Waals surface area contributed by atoms with Crippen LogP contribution in [0, 0.1) is 10.1 Å². The number of thiazole rings is 1. The van der Waals surface area contributed by atoms with Crippen LogP contribution >= 0.6 is 11.3 Å². The predicted octanol–water partition coefficient (Wildman–Crippen LogP) is 0.791. The highest BCUT2D eigenvalue weighted by Crippen LogP contribution is 2.25. The molecule has 8 heteroatoms. The van der Waals surface area contributed by atoms with E-state index in [1.165, 1.54) is 23.5 Å². The highest BCUT2D eigenvalue weighted by Gasteiger charge is 2.23. The molecule has 0 radical (unpaired) electrons. The third-order valence-corrected chi connectivity index (χ3v) is 5.34. The van der Waals surface area contributed by atoms with Gasteiger partial charge in [-0.2, -0.15) is 8.97 Å². The first-order valence-corrected chi connectivity index (χ1v) is 9.19. The van der Waals surface area contributed by atoms with Gasteiger partial charge in [-0.1, -0.05) is 30.4 Å². The molecule has 0 bridgehead atoms. The molecule has 0 aliphatic heterocycles. The normalized spacial score (nSPS) is 10.9. The molecule has 138 valence electrons. The second kappa shape index (κ2) is 7.73. The van der Waals surface area contributed by atoms with Crippen LogP contribution in [0.1, 0.15) is 13.3 Å². The number of aromatic nitrogens is 2. The fourth-order valence-corrected chi connectivity index (χ4v) is 4.25. The Morgan fingerprint density at radius 3 is 2.52 bits per heavy atom. The van der Waals surface area contributed by atoms with Gasteiger partial charge >= 0.3 is 10.5 Å². The number of benzene rings is 2. The van der Waals surface area contributed by atoms with E-state index in [-0.39, 0.29) is 35.2 Å². The van der Waals surface area contributed by atoms with Crippen LogP contribution in [0.5, 0.6) is 0 Å². The van der Waals surface area contributed by atoms with Crippen molar-refractivity contribution >= 4 is 32.9 Å². The molecule has 4 aromatic rings. The zero-order valence-electron chi connectivity index (χ0n) is 14.5.